The highest BCUT2D eigenvalue weighted by Gasteiger charge is 2.40. The molecule has 19 heavy (non-hydrogen) atoms. The normalized spacial score (nSPS) is 21.6. The largest absolute Gasteiger partial charge is 0.372 e. The van der Waals surface area contributed by atoms with Gasteiger partial charge >= 0.3 is 0 Å². The van der Waals surface area contributed by atoms with Crippen molar-refractivity contribution >= 4 is 28.4 Å². The quantitative estimate of drug-likeness (QED) is 0.822. The Hall–Kier alpha value is -0.430. The smallest absolute Gasteiger partial charge is 0.162 e. The van der Waals surface area contributed by atoms with Crippen molar-refractivity contribution in [3.8, 4) is 0 Å². The van der Waals surface area contributed by atoms with Gasteiger partial charge in [-0.3, -0.25) is 0 Å². The first-order valence-corrected chi connectivity index (χ1v) is 8.09. The van der Waals surface area contributed by atoms with Crippen LogP contribution in [0.2, 0.25) is 0 Å². The molecule has 0 unspecified atom stereocenters. The van der Waals surface area contributed by atoms with Crippen molar-refractivity contribution in [1.82, 2.24) is 9.97 Å². The summed E-state index contributed by atoms with van der Waals surface area (Å²) in [6.45, 7) is 0. The summed E-state index contributed by atoms with van der Waals surface area (Å²) in [6.07, 6.45) is 7.01. The second-order valence-electron chi connectivity index (χ2n) is 5.52. The Morgan fingerprint density at radius 1 is 1.26 bits per heavy atom. The zero-order valence-electron chi connectivity index (χ0n) is 11.5. The number of nitrogens with one attached hydrogen (secondary N) is 1. The Morgan fingerprint density at radius 3 is 2.47 bits per heavy atom. The van der Waals surface area contributed by atoms with Gasteiger partial charge in [-0.1, -0.05) is 0 Å². The van der Waals surface area contributed by atoms with Gasteiger partial charge in [0.2, 0.25) is 0 Å². The highest BCUT2D eigenvalue weighted by molar-refractivity contribution is 14.1. The molecule has 2 aliphatic rings. The molecule has 1 aromatic heterocycles. The Bertz CT molecular complexity index is 482. The van der Waals surface area contributed by atoms with Crippen LogP contribution in [0.25, 0.3) is 0 Å². The van der Waals surface area contributed by atoms with Crippen LogP contribution in [0.5, 0.6) is 0 Å². The number of hydrogen-bond donors (Lipinski definition) is 1. The molecule has 0 aromatic carbocycles. The van der Waals surface area contributed by atoms with Gasteiger partial charge in [-0.05, 0) is 61.1 Å². The third kappa shape index (κ3) is 2.35. The third-order valence-corrected chi connectivity index (χ3v) is 5.35. The molecule has 1 N–H and O–H groups in total. The number of anilines is 1. The molecule has 104 valence electrons. The van der Waals surface area contributed by atoms with Crippen LogP contribution in [-0.4, -0.2) is 24.1 Å². The van der Waals surface area contributed by atoms with Crippen LogP contribution in [0.1, 0.15) is 56.0 Å². The van der Waals surface area contributed by atoms with Crippen molar-refractivity contribution in [1.29, 1.82) is 0 Å². The Kier molecular flexibility index (Phi) is 3.68. The number of ether oxygens (including phenoxy) is 1. The van der Waals surface area contributed by atoms with E-state index in [0.29, 0.717) is 5.92 Å². The summed E-state index contributed by atoms with van der Waals surface area (Å²) in [7, 11) is 3.72. The fraction of sp³-hybridized carbons (Fsp3) is 0.714. The molecule has 4 nitrogen and oxygen atoms in total. The highest BCUT2D eigenvalue weighted by Crippen LogP contribution is 2.45. The fourth-order valence-corrected chi connectivity index (χ4v) is 3.88. The Morgan fingerprint density at radius 2 is 1.95 bits per heavy atom. The van der Waals surface area contributed by atoms with Gasteiger partial charge in [0.25, 0.3) is 0 Å². The standard InChI is InChI=1S/C14H20IN3O/c1-16-12-10(15)11(9-5-6-9)17-13(18-12)14(19-2)7-3-4-8-14/h9H,3-8H2,1-2H3,(H,16,17,18). The summed E-state index contributed by atoms with van der Waals surface area (Å²) in [5.74, 6) is 2.48. The van der Waals surface area contributed by atoms with Crippen molar-refractivity contribution < 1.29 is 4.74 Å². The third-order valence-electron chi connectivity index (χ3n) is 4.29. The van der Waals surface area contributed by atoms with Gasteiger partial charge in [-0.2, -0.15) is 0 Å². The molecule has 1 heterocycles. The van der Waals surface area contributed by atoms with Crippen molar-refractivity contribution in [2.24, 2.45) is 0 Å². The molecule has 2 aliphatic carbocycles. The lowest BCUT2D eigenvalue weighted by atomic mass is 10.0. The molecule has 0 bridgehead atoms. The van der Waals surface area contributed by atoms with E-state index in [1.54, 1.807) is 7.11 Å². The number of nitrogens with zero attached hydrogens (tertiary/aromatic N) is 2. The molecule has 5 heteroatoms. The summed E-state index contributed by atoms with van der Waals surface area (Å²) in [5.41, 5.74) is 0.970. The van der Waals surface area contributed by atoms with Crippen LogP contribution in [0.15, 0.2) is 0 Å². The summed E-state index contributed by atoms with van der Waals surface area (Å²) < 4.78 is 7.00. The second-order valence-corrected chi connectivity index (χ2v) is 6.60. The minimum Gasteiger partial charge on any atom is -0.372 e. The number of aromatic nitrogens is 2. The van der Waals surface area contributed by atoms with Crippen molar-refractivity contribution in [2.45, 2.75) is 50.0 Å². The van der Waals surface area contributed by atoms with Crippen LogP contribution < -0.4 is 5.32 Å². The molecule has 3 rings (SSSR count). The molecule has 0 aliphatic heterocycles. The lowest BCUT2D eigenvalue weighted by Gasteiger charge is -2.27. The first-order chi connectivity index (χ1) is 9.20. The zero-order chi connectivity index (χ0) is 13.5. The molecule has 0 amide bonds. The predicted molar refractivity (Wildman–Crippen MR) is 83.4 cm³/mol. The van der Waals surface area contributed by atoms with E-state index >= 15 is 0 Å². The van der Waals surface area contributed by atoms with Gasteiger partial charge < -0.3 is 10.1 Å². The summed E-state index contributed by atoms with van der Waals surface area (Å²) >= 11 is 2.36. The lowest BCUT2D eigenvalue weighted by molar-refractivity contribution is -0.0163. The number of rotatable bonds is 4. The van der Waals surface area contributed by atoms with Crippen LogP contribution in [-0.2, 0) is 10.3 Å². The van der Waals surface area contributed by atoms with Crippen molar-refractivity contribution in [2.75, 3.05) is 19.5 Å². The maximum absolute atomic E-state index is 5.82. The number of hydrogen-bond acceptors (Lipinski definition) is 4. The maximum Gasteiger partial charge on any atom is 0.162 e. The zero-order valence-corrected chi connectivity index (χ0v) is 13.7. The van der Waals surface area contributed by atoms with E-state index in [1.165, 1.54) is 34.9 Å². The lowest BCUT2D eigenvalue weighted by Crippen LogP contribution is -2.28. The summed E-state index contributed by atoms with van der Waals surface area (Å²) in [6, 6.07) is 0. The average molecular weight is 373 g/mol. The maximum atomic E-state index is 5.82. The fourth-order valence-electron chi connectivity index (χ4n) is 2.93. The highest BCUT2D eigenvalue weighted by atomic mass is 127. The SMILES string of the molecule is CNc1nc(C2(OC)CCCC2)nc(C2CC2)c1I. The Labute approximate surface area is 127 Å². The average Bonchev–Trinajstić information content (AvgIpc) is 3.16. The topological polar surface area (TPSA) is 47.0 Å². The van der Waals surface area contributed by atoms with Gasteiger partial charge in [-0.25, -0.2) is 9.97 Å². The molecule has 2 fully saturated rings. The molecule has 0 spiro atoms. The number of halogens is 1. The van der Waals surface area contributed by atoms with Crippen LogP contribution in [0.3, 0.4) is 0 Å². The molecular formula is C14H20IN3O. The van der Waals surface area contributed by atoms with Crippen LogP contribution in [0, 0.1) is 3.57 Å². The minimum atomic E-state index is -0.250. The van der Waals surface area contributed by atoms with Crippen LogP contribution >= 0.6 is 22.6 Å². The second kappa shape index (κ2) is 5.16. The van der Waals surface area contributed by atoms with Crippen molar-refractivity contribution in [3.05, 3.63) is 15.1 Å². The first-order valence-electron chi connectivity index (χ1n) is 7.01. The van der Waals surface area contributed by atoms with Gasteiger partial charge in [0, 0.05) is 20.1 Å². The van der Waals surface area contributed by atoms with E-state index < -0.39 is 0 Å². The van der Waals surface area contributed by atoms with Gasteiger partial charge in [0.15, 0.2) is 5.82 Å². The molecular weight excluding hydrogens is 353 g/mol. The monoisotopic (exact) mass is 373 g/mol. The van der Waals surface area contributed by atoms with Crippen molar-refractivity contribution in [3.63, 3.8) is 0 Å². The summed E-state index contributed by atoms with van der Waals surface area (Å²) in [5, 5.41) is 3.21. The van der Waals surface area contributed by atoms with E-state index in [1.807, 2.05) is 7.05 Å². The predicted octanol–water partition coefficient (Wildman–Crippen LogP) is 3.42. The van der Waals surface area contributed by atoms with E-state index in [9.17, 15) is 0 Å². The van der Waals surface area contributed by atoms with Gasteiger partial charge in [0.05, 0.1) is 9.26 Å². The Balaban J connectivity index is 2.07. The molecule has 0 atom stereocenters. The summed E-state index contributed by atoms with van der Waals surface area (Å²) in [4.78, 5) is 9.62. The minimum absolute atomic E-state index is 0.250. The molecule has 2 saturated carbocycles. The van der Waals surface area contributed by atoms with Crippen LogP contribution in [0.4, 0.5) is 5.82 Å². The molecule has 0 radical (unpaired) electrons. The molecule has 0 saturated heterocycles. The van der Waals surface area contributed by atoms with E-state index in [-0.39, 0.29) is 5.60 Å². The van der Waals surface area contributed by atoms with E-state index in [2.05, 4.69) is 27.9 Å². The van der Waals surface area contributed by atoms with E-state index in [4.69, 9.17) is 14.7 Å². The van der Waals surface area contributed by atoms with Gasteiger partial charge in [-0.15, -0.1) is 0 Å². The first kappa shape index (κ1) is 13.5. The molecule has 1 aromatic rings. The van der Waals surface area contributed by atoms with E-state index in [0.717, 1.165) is 24.5 Å². The number of methoxy groups -OCH3 is 1. The van der Waals surface area contributed by atoms with Gasteiger partial charge in [0.1, 0.15) is 11.4 Å².